The summed E-state index contributed by atoms with van der Waals surface area (Å²) in [5, 5.41) is 0. The number of ether oxygens (including phenoxy) is 2. The maximum atomic E-state index is 12.9. The molecule has 1 aromatic carbocycles. The van der Waals surface area contributed by atoms with Crippen molar-refractivity contribution in [2.24, 2.45) is 0 Å². The summed E-state index contributed by atoms with van der Waals surface area (Å²) in [5.74, 6) is -0.652. The van der Waals surface area contributed by atoms with Gasteiger partial charge in [-0.25, -0.2) is 0 Å². The van der Waals surface area contributed by atoms with Gasteiger partial charge in [0.1, 0.15) is 11.8 Å². The number of carbonyl (C=O) groups is 2. The molecule has 28 heavy (non-hydrogen) atoms. The Bertz CT molecular complexity index is 786. The second-order valence-electron chi connectivity index (χ2n) is 6.53. The summed E-state index contributed by atoms with van der Waals surface area (Å²) in [5.41, 5.74) is 1.63. The lowest BCUT2D eigenvalue weighted by Gasteiger charge is -2.22. The second kappa shape index (κ2) is 8.67. The Hall–Kier alpha value is -2.51. The molecule has 0 amide bonds. The van der Waals surface area contributed by atoms with E-state index in [1.54, 1.807) is 32.2 Å². The number of methoxy groups -OCH3 is 1. The minimum Gasteiger partial charge on any atom is -0.497 e. The van der Waals surface area contributed by atoms with Crippen molar-refractivity contribution in [2.45, 2.75) is 45.3 Å². The van der Waals surface area contributed by atoms with Crippen molar-refractivity contribution < 1.29 is 32.2 Å². The van der Waals surface area contributed by atoms with E-state index in [2.05, 4.69) is 0 Å². The molecule has 1 aliphatic rings. The summed E-state index contributed by atoms with van der Waals surface area (Å²) >= 11 is 0. The minimum absolute atomic E-state index is 0.155. The number of likely N-dealkylation sites (N-methyl/N-ethyl adjacent to an activating group) is 1. The predicted octanol–water partition coefficient (Wildman–Crippen LogP) is 3.91. The highest BCUT2D eigenvalue weighted by Gasteiger charge is 2.41. The first kappa shape index (κ1) is 21.8. The summed E-state index contributed by atoms with van der Waals surface area (Å²) in [6.07, 6.45) is -3.76. The highest BCUT2D eigenvalue weighted by atomic mass is 19.4. The molecular weight excluding hydrogens is 375 g/mol. The molecule has 1 aromatic rings. The van der Waals surface area contributed by atoms with Crippen molar-refractivity contribution in [1.82, 2.24) is 4.90 Å². The van der Waals surface area contributed by atoms with Crippen molar-refractivity contribution in [1.29, 1.82) is 0 Å². The van der Waals surface area contributed by atoms with E-state index in [1.165, 1.54) is 12.0 Å². The van der Waals surface area contributed by atoms with Crippen molar-refractivity contribution in [2.75, 3.05) is 20.8 Å². The Balaban J connectivity index is 2.23. The lowest BCUT2D eigenvalue weighted by atomic mass is 9.96. The lowest BCUT2D eigenvalue weighted by Crippen LogP contribution is -2.34. The highest BCUT2D eigenvalue weighted by Crippen LogP contribution is 2.32. The molecule has 0 N–H and O–H groups in total. The molecule has 1 aliphatic heterocycles. The number of rotatable bonds is 8. The van der Waals surface area contributed by atoms with E-state index < -0.39 is 24.6 Å². The summed E-state index contributed by atoms with van der Waals surface area (Å²) in [6, 6.07) is 4.28. The maximum Gasteiger partial charge on any atom is 0.422 e. The monoisotopic (exact) mass is 399 g/mol. The quantitative estimate of drug-likeness (QED) is 0.621. The van der Waals surface area contributed by atoms with Gasteiger partial charge in [0.25, 0.3) is 0 Å². The van der Waals surface area contributed by atoms with Crippen LogP contribution in [0.25, 0.3) is 0 Å². The average Bonchev–Trinajstić information content (AvgIpc) is 2.88. The highest BCUT2D eigenvalue weighted by molar-refractivity contribution is 6.06. The second-order valence-corrected chi connectivity index (χ2v) is 6.53. The number of hydrogen-bond donors (Lipinski definition) is 0. The zero-order valence-corrected chi connectivity index (χ0v) is 16.4. The fraction of sp³-hybridized carbons (Fsp3) is 0.500. The average molecular weight is 399 g/mol. The Morgan fingerprint density at radius 3 is 2.43 bits per heavy atom. The van der Waals surface area contributed by atoms with Crippen LogP contribution in [0.2, 0.25) is 0 Å². The number of hydrogen-bond acceptors (Lipinski definition) is 5. The van der Waals surface area contributed by atoms with Gasteiger partial charge in [0.05, 0.1) is 12.8 Å². The fourth-order valence-corrected chi connectivity index (χ4v) is 3.30. The molecule has 1 heterocycles. The molecule has 0 saturated heterocycles. The standard InChI is InChI=1S/C20H24F3NO4/c1-5-12-7-8-13(27-4)9-14(12)17(25)10-16-18(26)19(15(6-2)24(16)3)28-11-20(21,22)23/h7-9,16H,5-6,10-11H2,1-4H3. The maximum absolute atomic E-state index is 12.9. The number of aryl methyl sites for hydroxylation is 1. The number of alkyl halides is 3. The molecule has 0 spiro atoms. The smallest absolute Gasteiger partial charge is 0.422 e. The van der Waals surface area contributed by atoms with E-state index in [-0.39, 0.29) is 18.0 Å². The molecule has 0 aliphatic carbocycles. The molecule has 5 nitrogen and oxygen atoms in total. The molecule has 2 rings (SSSR count). The van der Waals surface area contributed by atoms with Gasteiger partial charge in [-0.2, -0.15) is 13.2 Å². The molecule has 1 unspecified atom stereocenters. The van der Waals surface area contributed by atoms with E-state index in [0.717, 1.165) is 5.56 Å². The first-order valence-corrected chi connectivity index (χ1v) is 9.02. The van der Waals surface area contributed by atoms with E-state index >= 15 is 0 Å². The van der Waals surface area contributed by atoms with Crippen molar-refractivity contribution >= 4 is 11.6 Å². The third-order valence-corrected chi connectivity index (χ3v) is 4.77. The van der Waals surface area contributed by atoms with Crippen LogP contribution in [-0.2, 0) is 16.0 Å². The van der Waals surface area contributed by atoms with Crippen molar-refractivity contribution in [3.05, 3.63) is 40.8 Å². The van der Waals surface area contributed by atoms with E-state index in [0.29, 0.717) is 29.9 Å². The van der Waals surface area contributed by atoms with Gasteiger partial charge in [0, 0.05) is 19.0 Å². The van der Waals surface area contributed by atoms with E-state index in [9.17, 15) is 22.8 Å². The summed E-state index contributed by atoms with van der Waals surface area (Å²) in [6.45, 7) is 2.09. The van der Waals surface area contributed by atoms with Crippen LogP contribution in [0, 0.1) is 0 Å². The Morgan fingerprint density at radius 1 is 1.21 bits per heavy atom. The number of nitrogens with zero attached hydrogens (tertiary/aromatic N) is 1. The molecule has 0 radical (unpaired) electrons. The van der Waals surface area contributed by atoms with E-state index in [4.69, 9.17) is 9.47 Å². The van der Waals surface area contributed by atoms with Crippen LogP contribution in [0.5, 0.6) is 5.75 Å². The predicted molar refractivity (Wildman–Crippen MR) is 97.2 cm³/mol. The fourth-order valence-electron chi connectivity index (χ4n) is 3.30. The van der Waals surface area contributed by atoms with Gasteiger partial charge >= 0.3 is 6.18 Å². The molecule has 154 valence electrons. The van der Waals surface area contributed by atoms with Crippen molar-refractivity contribution in [3.8, 4) is 5.75 Å². The number of benzene rings is 1. The summed E-state index contributed by atoms with van der Waals surface area (Å²) in [7, 11) is 3.08. The van der Waals surface area contributed by atoms with Gasteiger partial charge in [-0.05, 0) is 30.5 Å². The molecule has 0 aromatic heterocycles. The topological polar surface area (TPSA) is 55.8 Å². The first-order chi connectivity index (χ1) is 13.1. The molecule has 8 heteroatoms. The third kappa shape index (κ3) is 4.66. The molecule has 0 saturated carbocycles. The van der Waals surface area contributed by atoms with Crippen LogP contribution in [0.1, 0.15) is 42.6 Å². The van der Waals surface area contributed by atoms with Crippen LogP contribution >= 0.6 is 0 Å². The van der Waals surface area contributed by atoms with Gasteiger partial charge in [-0.3, -0.25) is 9.59 Å². The summed E-state index contributed by atoms with van der Waals surface area (Å²) in [4.78, 5) is 27.1. The Kier molecular flexibility index (Phi) is 6.74. The Labute approximate surface area is 162 Å². The van der Waals surface area contributed by atoms with Crippen LogP contribution in [-0.4, -0.2) is 49.4 Å². The zero-order valence-electron chi connectivity index (χ0n) is 16.4. The summed E-state index contributed by atoms with van der Waals surface area (Å²) < 4.78 is 47.5. The van der Waals surface area contributed by atoms with Gasteiger partial charge in [0.2, 0.25) is 5.78 Å². The van der Waals surface area contributed by atoms with Crippen LogP contribution in [0.3, 0.4) is 0 Å². The van der Waals surface area contributed by atoms with Crippen LogP contribution in [0.4, 0.5) is 13.2 Å². The molecule has 0 bridgehead atoms. The molecule has 0 fully saturated rings. The SMILES string of the molecule is CCC1=C(OCC(F)(F)F)C(=O)C(CC(=O)c2cc(OC)ccc2CC)N1C. The molecule has 1 atom stereocenters. The molecular formula is C20H24F3NO4. The van der Waals surface area contributed by atoms with Gasteiger partial charge in [-0.1, -0.05) is 19.9 Å². The lowest BCUT2D eigenvalue weighted by molar-refractivity contribution is -0.166. The Morgan fingerprint density at radius 2 is 1.89 bits per heavy atom. The van der Waals surface area contributed by atoms with E-state index in [1.807, 2.05) is 6.92 Å². The number of Topliss-reactive ketones (excluding diaryl/α,β-unsaturated/α-hetero) is 2. The van der Waals surface area contributed by atoms with Gasteiger partial charge in [-0.15, -0.1) is 0 Å². The third-order valence-electron chi connectivity index (χ3n) is 4.77. The number of ketones is 2. The first-order valence-electron chi connectivity index (χ1n) is 9.02. The zero-order chi connectivity index (χ0) is 21.1. The van der Waals surface area contributed by atoms with Gasteiger partial charge in [0.15, 0.2) is 18.1 Å². The number of carbonyl (C=O) groups excluding carboxylic acids is 2. The number of halogens is 3. The minimum atomic E-state index is -4.55. The van der Waals surface area contributed by atoms with Crippen LogP contribution < -0.4 is 4.74 Å². The number of allylic oxidation sites excluding steroid dienone is 1. The van der Waals surface area contributed by atoms with Gasteiger partial charge < -0.3 is 14.4 Å². The van der Waals surface area contributed by atoms with Crippen LogP contribution in [0.15, 0.2) is 29.7 Å². The normalized spacial score (nSPS) is 17.3. The van der Waals surface area contributed by atoms with Crippen molar-refractivity contribution in [3.63, 3.8) is 0 Å². The largest absolute Gasteiger partial charge is 0.497 e.